The molecule has 0 bridgehead atoms. The topological polar surface area (TPSA) is 76.1 Å². The molecule has 156 valence electrons. The maximum absolute atomic E-state index is 12.8. The lowest BCUT2D eigenvalue weighted by atomic mass is 10.1. The van der Waals surface area contributed by atoms with Crippen LogP contribution in [0.15, 0.2) is 66.2 Å². The van der Waals surface area contributed by atoms with Crippen LogP contribution in [-0.4, -0.2) is 35.1 Å². The van der Waals surface area contributed by atoms with Gasteiger partial charge in [0.15, 0.2) is 5.13 Å². The lowest BCUT2D eigenvalue weighted by molar-refractivity contribution is 0.102. The van der Waals surface area contributed by atoms with Crippen molar-refractivity contribution in [3.8, 4) is 17.0 Å². The summed E-state index contributed by atoms with van der Waals surface area (Å²) in [6.07, 6.45) is 3.92. The van der Waals surface area contributed by atoms with Crippen molar-refractivity contribution < 1.29 is 9.53 Å². The molecule has 1 aliphatic rings. The summed E-state index contributed by atoms with van der Waals surface area (Å²) in [6.45, 7) is 1.98. The second kappa shape index (κ2) is 8.83. The molecule has 0 saturated carbocycles. The Bertz CT molecular complexity index is 1200. The number of aromatic nitrogens is 2. The Morgan fingerprint density at radius 1 is 1.10 bits per heavy atom. The van der Waals surface area contributed by atoms with Crippen LogP contribution in [0.1, 0.15) is 23.2 Å². The van der Waals surface area contributed by atoms with E-state index in [1.54, 1.807) is 12.3 Å². The molecule has 6 nitrogen and oxygen atoms in total. The molecule has 4 aromatic rings. The molecule has 7 heteroatoms. The van der Waals surface area contributed by atoms with Crippen LogP contribution >= 0.6 is 11.3 Å². The summed E-state index contributed by atoms with van der Waals surface area (Å²) in [4.78, 5) is 21.8. The van der Waals surface area contributed by atoms with Crippen LogP contribution in [0.2, 0.25) is 0 Å². The fraction of sp³-hybridized carbons (Fsp3) is 0.208. The first-order valence-corrected chi connectivity index (χ1v) is 11.2. The van der Waals surface area contributed by atoms with E-state index in [4.69, 9.17) is 9.72 Å². The van der Waals surface area contributed by atoms with Crippen molar-refractivity contribution in [2.45, 2.75) is 18.9 Å². The summed E-state index contributed by atoms with van der Waals surface area (Å²) in [5.41, 5.74) is 2.96. The standard InChI is InChI=1S/C24H22N4O2S/c29-23(28-24-26-13-14-31-24)20-6-2-3-16-7-8-21(27-22(16)20)17-4-1-5-19(15-17)30-18-9-11-25-12-10-18/h1-8,13-15,18,25H,9-12H2,(H,26,28,29). The summed E-state index contributed by atoms with van der Waals surface area (Å²) in [5.74, 6) is 0.634. The predicted molar refractivity (Wildman–Crippen MR) is 124 cm³/mol. The molecule has 2 N–H and O–H groups in total. The normalized spacial score (nSPS) is 14.5. The molecule has 2 aromatic carbocycles. The number of fused-ring (bicyclic) bond motifs is 1. The first-order valence-electron chi connectivity index (χ1n) is 10.3. The Kier molecular flexibility index (Phi) is 5.60. The van der Waals surface area contributed by atoms with E-state index in [0.29, 0.717) is 16.2 Å². The zero-order valence-electron chi connectivity index (χ0n) is 16.9. The van der Waals surface area contributed by atoms with Gasteiger partial charge in [-0.05, 0) is 50.2 Å². The summed E-state index contributed by atoms with van der Waals surface area (Å²) in [5, 5.41) is 9.52. The Morgan fingerprint density at radius 3 is 2.81 bits per heavy atom. The number of rotatable bonds is 5. The van der Waals surface area contributed by atoms with E-state index in [1.807, 2.05) is 53.9 Å². The van der Waals surface area contributed by atoms with Crippen molar-refractivity contribution in [2.24, 2.45) is 0 Å². The average Bonchev–Trinajstić information content (AvgIpc) is 3.32. The quantitative estimate of drug-likeness (QED) is 0.478. The smallest absolute Gasteiger partial charge is 0.259 e. The summed E-state index contributed by atoms with van der Waals surface area (Å²) < 4.78 is 6.19. The highest BCUT2D eigenvalue weighted by molar-refractivity contribution is 7.13. The van der Waals surface area contributed by atoms with Gasteiger partial charge in [0, 0.05) is 22.5 Å². The summed E-state index contributed by atoms with van der Waals surface area (Å²) in [7, 11) is 0. The third-order valence-electron chi connectivity index (χ3n) is 5.34. The second-order valence-electron chi connectivity index (χ2n) is 7.46. The Labute approximate surface area is 184 Å². The van der Waals surface area contributed by atoms with Crippen LogP contribution in [-0.2, 0) is 0 Å². The highest BCUT2D eigenvalue weighted by Crippen LogP contribution is 2.27. The van der Waals surface area contributed by atoms with Crippen molar-refractivity contribution in [3.63, 3.8) is 0 Å². The van der Waals surface area contributed by atoms with Crippen LogP contribution in [0, 0.1) is 0 Å². The molecule has 5 rings (SSSR count). The molecular weight excluding hydrogens is 408 g/mol. The number of nitrogens with zero attached hydrogens (tertiary/aromatic N) is 2. The van der Waals surface area contributed by atoms with E-state index in [1.165, 1.54) is 11.3 Å². The number of nitrogens with one attached hydrogen (secondary N) is 2. The number of hydrogen-bond donors (Lipinski definition) is 2. The number of piperidine rings is 1. The van der Waals surface area contributed by atoms with Gasteiger partial charge in [-0.25, -0.2) is 9.97 Å². The number of ether oxygens (including phenoxy) is 1. The lowest BCUT2D eigenvalue weighted by Crippen LogP contribution is -2.34. The van der Waals surface area contributed by atoms with Gasteiger partial charge in [-0.15, -0.1) is 11.3 Å². The van der Waals surface area contributed by atoms with Crippen LogP contribution in [0.5, 0.6) is 5.75 Å². The molecule has 1 aliphatic heterocycles. The molecule has 0 atom stereocenters. The molecule has 31 heavy (non-hydrogen) atoms. The van der Waals surface area contributed by atoms with E-state index in [0.717, 1.165) is 48.3 Å². The summed E-state index contributed by atoms with van der Waals surface area (Å²) in [6, 6.07) is 17.6. The number of carbonyl (C=O) groups is 1. The van der Waals surface area contributed by atoms with Crippen molar-refractivity contribution >= 4 is 33.3 Å². The minimum Gasteiger partial charge on any atom is -0.490 e. The second-order valence-corrected chi connectivity index (χ2v) is 8.35. The van der Waals surface area contributed by atoms with Gasteiger partial charge < -0.3 is 10.1 Å². The molecule has 1 amide bonds. The zero-order chi connectivity index (χ0) is 21.0. The maximum Gasteiger partial charge on any atom is 0.259 e. The number of pyridine rings is 1. The fourth-order valence-electron chi connectivity index (χ4n) is 3.78. The van der Waals surface area contributed by atoms with Gasteiger partial charge in [0.2, 0.25) is 0 Å². The Hall–Kier alpha value is -3.29. The highest BCUT2D eigenvalue weighted by atomic mass is 32.1. The molecule has 0 unspecified atom stereocenters. The largest absolute Gasteiger partial charge is 0.490 e. The first-order chi connectivity index (χ1) is 15.3. The van der Waals surface area contributed by atoms with Crippen LogP contribution in [0.25, 0.3) is 22.2 Å². The maximum atomic E-state index is 12.8. The average molecular weight is 431 g/mol. The molecular formula is C24H22N4O2S. The minimum atomic E-state index is -0.215. The van der Waals surface area contributed by atoms with Crippen molar-refractivity contribution in [1.29, 1.82) is 0 Å². The minimum absolute atomic E-state index is 0.215. The fourth-order valence-corrected chi connectivity index (χ4v) is 4.30. The Balaban J connectivity index is 1.45. The zero-order valence-corrected chi connectivity index (χ0v) is 17.7. The van der Waals surface area contributed by atoms with Gasteiger partial charge in [0.25, 0.3) is 5.91 Å². The van der Waals surface area contributed by atoms with Crippen molar-refractivity contribution in [3.05, 3.63) is 71.7 Å². The number of thiazole rings is 1. The number of carbonyl (C=O) groups excluding carboxylic acids is 1. The van der Waals surface area contributed by atoms with E-state index in [2.05, 4.69) is 15.6 Å². The first kappa shape index (κ1) is 19.7. The monoisotopic (exact) mass is 430 g/mol. The molecule has 1 saturated heterocycles. The van der Waals surface area contributed by atoms with Gasteiger partial charge in [-0.2, -0.15) is 0 Å². The molecule has 0 aliphatic carbocycles. The van der Waals surface area contributed by atoms with E-state index in [9.17, 15) is 4.79 Å². The predicted octanol–water partition coefficient (Wildman–Crippen LogP) is 4.74. The number of anilines is 1. The summed E-state index contributed by atoms with van der Waals surface area (Å²) >= 11 is 1.39. The molecule has 0 radical (unpaired) electrons. The van der Waals surface area contributed by atoms with Crippen LogP contribution in [0.4, 0.5) is 5.13 Å². The van der Waals surface area contributed by atoms with Gasteiger partial charge in [0.05, 0.1) is 16.8 Å². The molecule has 1 fully saturated rings. The number of benzene rings is 2. The van der Waals surface area contributed by atoms with E-state index >= 15 is 0 Å². The van der Waals surface area contributed by atoms with Gasteiger partial charge in [-0.3, -0.25) is 10.1 Å². The van der Waals surface area contributed by atoms with Crippen LogP contribution in [0.3, 0.4) is 0 Å². The number of para-hydroxylation sites is 1. The molecule has 3 heterocycles. The Morgan fingerprint density at radius 2 is 1.97 bits per heavy atom. The van der Waals surface area contributed by atoms with Gasteiger partial charge in [0.1, 0.15) is 11.9 Å². The van der Waals surface area contributed by atoms with Crippen LogP contribution < -0.4 is 15.4 Å². The number of amides is 1. The van der Waals surface area contributed by atoms with Crippen molar-refractivity contribution in [1.82, 2.24) is 15.3 Å². The van der Waals surface area contributed by atoms with E-state index in [-0.39, 0.29) is 12.0 Å². The molecule has 2 aromatic heterocycles. The SMILES string of the molecule is O=C(Nc1nccs1)c1cccc2ccc(-c3cccc(OC4CCNCC4)c3)nc12. The highest BCUT2D eigenvalue weighted by Gasteiger charge is 2.16. The third kappa shape index (κ3) is 4.42. The van der Waals surface area contributed by atoms with Crippen molar-refractivity contribution in [2.75, 3.05) is 18.4 Å². The van der Waals surface area contributed by atoms with E-state index < -0.39 is 0 Å². The van der Waals surface area contributed by atoms with Gasteiger partial charge >= 0.3 is 0 Å². The third-order valence-corrected chi connectivity index (χ3v) is 6.02. The molecule has 0 spiro atoms. The van der Waals surface area contributed by atoms with Gasteiger partial charge in [-0.1, -0.05) is 30.3 Å². The number of hydrogen-bond acceptors (Lipinski definition) is 6. The lowest BCUT2D eigenvalue weighted by Gasteiger charge is -2.24.